The van der Waals surface area contributed by atoms with Gasteiger partial charge in [0, 0.05) is 29.6 Å². The van der Waals surface area contributed by atoms with E-state index in [-0.39, 0.29) is 24.4 Å². The van der Waals surface area contributed by atoms with E-state index in [2.05, 4.69) is 80.0 Å². The molecule has 3 heterocycles. The number of amides is 2. The maximum atomic E-state index is 14.0. The van der Waals surface area contributed by atoms with Gasteiger partial charge in [0.15, 0.2) is 0 Å². The lowest BCUT2D eigenvalue weighted by Crippen LogP contribution is -2.63. The zero-order valence-electron chi connectivity index (χ0n) is 24.8. The molecule has 214 valence electrons. The Morgan fingerprint density at radius 1 is 0.925 bits per heavy atom. The Morgan fingerprint density at radius 2 is 1.60 bits per heavy atom. The number of H-pyrrole nitrogens is 1. The minimum Gasteiger partial charge on any atom is -0.356 e. The maximum absolute atomic E-state index is 14.0. The van der Waals surface area contributed by atoms with Gasteiger partial charge < -0.3 is 19.7 Å². The van der Waals surface area contributed by atoms with Crippen LogP contribution in [0.5, 0.6) is 0 Å². The van der Waals surface area contributed by atoms with Gasteiger partial charge in [-0.3, -0.25) is 9.59 Å². The van der Waals surface area contributed by atoms with Crippen LogP contribution in [0.15, 0.2) is 48.5 Å². The Morgan fingerprint density at radius 3 is 2.27 bits per heavy atom. The molecule has 2 atom stereocenters. The number of rotatable bonds is 12. The van der Waals surface area contributed by atoms with E-state index >= 15 is 0 Å². The van der Waals surface area contributed by atoms with Crippen LogP contribution in [0.1, 0.15) is 94.1 Å². The van der Waals surface area contributed by atoms with Gasteiger partial charge in [-0.1, -0.05) is 83.0 Å². The molecule has 0 aliphatic carbocycles. The van der Waals surface area contributed by atoms with Gasteiger partial charge in [-0.25, -0.2) is 0 Å². The van der Waals surface area contributed by atoms with E-state index in [0.717, 1.165) is 48.2 Å². The van der Waals surface area contributed by atoms with Gasteiger partial charge in [-0.05, 0) is 67.6 Å². The number of hydrogen-bond acceptors (Lipinski definition) is 3. The molecular formula is C34H46N4O2. The van der Waals surface area contributed by atoms with Crippen LogP contribution in [0.4, 0.5) is 0 Å². The fraction of sp³-hybridized carbons (Fsp3) is 0.529. The molecule has 5 rings (SSSR count). The summed E-state index contributed by atoms with van der Waals surface area (Å²) in [5.74, 6) is 0.567. The molecule has 3 aromatic rings. The van der Waals surface area contributed by atoms with Crippen molar-refractivity contribution in [2.45, 2.75) is 84.2 Å². The van der Waals surface area contributed by atoms with Crippen molar-refractivity contribution in [3.05, 3.63) is 70.9 Å². The van der Waals surface area contributed by atoms with E-state index in [9.17, 15) is 9.59 Å². The van der Waals surface area contributed by atoms with E-state index in [0.29, 0.717) is 18.9 Å². The topological polar surface area (TPSA) is 59.6 Å². The van der Waals surface area contributed by atoms with E-state index in [4.69, 9.17) is 0 Å². The molecule has 1 aromatic heterocycles. The lowest BCUT2D eigenvalue weighted by molar-refractivity contribution is -0.158. The van der Waals surface area contributed by atoms with Crippen molar-refractivity contribution in [1.29, 1.82) is 0 Å². The number of carbonyl (C=O) groups is 2. The summed E-state index contributed by atoms with van der Waals surface area (Å²) in [6, 6.07) is 16.2. The Bertz CT molecular complexity index is 1300. The number of aromatic nitrogens is 1. The van der Waals surface area contributed by atoms with Crippen LogP contribution in [0, 0.1) is 0 Å². The SMILES string of the molecule is CCCCN(CCCC)CCCN1CC(=O)N2[C@@H](c3ccc(C(C)C)cc3)c3[nH]c4ccccc4c3C[C@H]2C1=O. The first-order chi connectivity index (χ1) is 19.4. The van der Waals surface area contributed by atoms with Crippen LogP contribution in [-0.2, 0) is 16.0 Å². The van der Waals surface area contributed by atoms with Crippen molar-refractivity contribution >= 4 is 22.7 Å². The summed E-state index contributed by atoms with van der Waals surface area (Å²) in [6.45, 7) is 12.8. The highest BCUT2D eigenvalue weighted by molar-refractivity contribution is 5.97. The Hall–Kier alpha value is -3.12. The van der Waals surface area contributed by atoms with Crippen molar-refractivity contribution in [3.63, 3.8) is 0 Å². The Balaban J connectivity index is 1.41. The molecule has 1 N–H and O–H groups in total. The Labute approximate surface area is 239 Å². The van der Waals surface area contributed by atoms with Crippen molar-refractivity contribution < 1.29 is 9.59 Å². The van der Waals surface area contributed by atoms with Crippen LogP contribution >= 0.6 is 0 Å². The molecule has 0 bridgehead atoms. The number of aromatic amines is 1. The van der Waals surface area contributed by atoms with Gasteiger partial charge in [-0.2, -0.15) is 0 Å². The average Bonchev–Trinajstić information content (AvgIpc) is 3.34. The number of unbranched alkanes of at least 4 members (excludes halogenated alkanes) is 2. The number of piperazine rings is 1. The second kappa shape index (κ2) is 12.6. The summed E-state index contributed by atoms with van der Waals surface area (Å²) in [7, 11) is 0. The number of para-hydroxylation sites is 1. The number of nitrogens with one attached hydrogen (secondary N) is 1. The molecular weight excluding hydrogens is 496 g/mol. The molecule has 2 aliphatic heterocycles. The summed E-state index contributed by atoms with van der Waals surface area (Å²) in [5.41, 5.74) is 5.60. The molecule has 6 heteroatoms. The van der Waals surface area contributed by atoms with E-state index in [1.54, 1.807) is 0 Å². The van der Waals surface area contributed by atoms with Crippen LogP contribution in [0.3, 0.4) is 0 Å². The molecule has 6 nitrogen and oxygen atoms in total. The van der Waals surface area contributed by atoms with Crippen molar-refractivity contribution in [1.82, 2.24) is 19.7 Å². The zero-order chi connectivity index (χ0) is 28.2. The van der Waals surface area contributed by atoms with Crippen LogP contribution in [0.25, 0.3) is 10.9 Å². The highest BCUT2D eigenvalue weighted by Gasteiger charge is 2.48. The minimum absolute atomic E-state index is 0.0423. The molecule has 0 spiro atoms. The van der Waals surface area contributed by atoms with E-state index < -0.39 is 6.04 Å². The second-order valence-electron chi connectivity index (χ2n) is 12.0. The third kappa shape index (κ3) is 5.69. The first-order valence-corrected chi connectivity index (χ1v) is 15.4. The van der Waals surface area contributed by atoms with Crippen molar-refractivity contribution in [2.24, 2.45) is 0 Å². The average molecular weight is 543 g/mol. The number of carbonyl (C=O) groups excluding carboxylic acids is 2. The normalized spacial score (nSPS) is 19.1. The quantitative estimate of drug-likeness (QED) is 0.294. The molecule has 1 saturated heterocycles. The molecule has 2 amide bonds. The third-order valence-corrected chi connectivity index (χ3v) is 8.82. The maximum Gasteiger partial charge on any atom is 0.246 e. The first-order valence-electron chi connectivity index (χ1n) is 15.4. The summed E-state index contributed by atoms with van der Waals surface area (Å²) in [4.78, 5) is 37.8. The summed E-state index contributed by atoms with van der Waals surface area (Å²) in [6.07, 6.45) is 6.24. The van der Waals surface area contributed by atoms with E-state index in [1.807, 2.05) is 15.9 Å². The van der Waals surface area contributed by atoms with Gasteiger partial charge in [0.1, 0.15) is 6.04 Å². The second-order valence-corrected chi connectivity index (χ2v) is 12.0. The highest BCUT2D eigenvalue weighted by atomic mass is 16.2. The standard InChI is InChI=1S/C34H46N4O2/c1-5-7-18-36(19-8-6-2)20-11-21-37-23-31(39)38-30(34(37)40)22-28-27-12-9-10-13-29(27)35-32(28)33(38)26-16-14-25(15-17-26)24(3)4/h9-10,12-17,24,30,33,35H,5-8,11,18-23H2,1-4H3/t30-,33-/m0/s1. The summed E-state index contributed by atoms with van der Waals surface area (Å²) >= 11 is 0. The number of hydrogen-bond donors (Lipinski definition) is 1. The largest absolute Gasteiger partial charge is 0.356 e. The molecule has 0 saturated carbocycles. The van der Waals surface area contributed by atoms with Crippen LogP contribution in [0.2, 0.25) is 0 Å². The van der Waals surface area contributed by atoms with Crippen molar-refractivity contribution in [3.8, 4) is 0 Å². The third-order valence-electron chi connectivity index (χ3n) is 8.82. The fourth-order valence-electron chi connectivity index (χ4n) is 6.51. The predicted octanol–water partition coefficient (Wildman–Crippen LogP) is 6.27. The molecule has 0 radical (unpaired) electrons. The van der Waals surface area contributed by atoms with E-state index in [1.165, 1.54) is 36.8 Å². The van der Waals surface area contributed by atoms with Gasteiger partial charge in [0.05, 0.1) is 12.6 Å². The molecule has 0 unspecified atom stereocenters. The molecule has 1 fully saturated rings. The van der Waals surface area contributed by atoms with Crippen molar-refractivity contribution in [2.75, 3.05) is 32.7 Å². The van der Waals surface area contributed by atoms with Crippen LogP contribution < -0.4 is 0 Å². The smallest absolute Gasteiger partial charge is 0.246 e. The zero-order valence-corrected chi connectivity index (χ0v) is 24.8. The molecule has 2 aromatic carbocycles. The first kappa shape index (κ1) is 28.4. The van der Waals surface area contributed by atoms with Gasteiger partial charge in [0.25, 0.3) is 0 Å². The van der Waals surface area contributed by atoms with Gasteiger partial charge in [-0.15, -0.1) is 0 Å². The highest BCUT2D eigenvalue weighted by Crippen LogP contribution is 2.42. The fourth-order valence-corrected chi connectivity index (χ4v) is 6.51. The van der Waals surface area contributed by atoms with Crippen LogP contribution in [-0.4, -0.2) is 70.3 Å². The van der Waals surface area contributed by atoms with Gasteiger partial charge >= 0.3 is 0 Å². The Kier molecular flexibility index (Phi) is 8.94. The summed E-state index contributed by atoms with van der Waals surface area (Å²) < 4.78 is 0. The number of fused-ring (bicyclic) bond motifs is 4. The lowest BCUT2D eigenvalue weighted by atomic mass is 9.85. The number of nitrogens with zero attached hydrogens (tertiary/aromatic N) is 3. The minimum atomic E-state index is -0.473. The predicted molar refractivity (Wildman–Crippen MR) is 162 cm³/mol. The molecule has 40 heavy (non-hydrogen) atoms. The molecule has 2 aliphatic rings. The lowest BCUT2D eigenvalue weighted by Gasteiger charge is -2.47. The summed E-state index contributed by atoms with van der Waals surface area (Å²) in [5, 5.41) is 1.15. The monoisotopic (exact) mass is 542 g/mol. The number of benzene rings is 2. The van der Waals surface area contributed by atoms with Gasteiger partial charge in [0.2, 0.25) is 11.8 Å².